The number of fused-ring (bicyclic) bond motifs is 7. The molecule has 3 nitrogen and oxygen atoms in total. The molecule has 0 fully saturated rings. The number of hydrogen-bond acceptors (Lipinski definition) is 2. The monoisotopic (exact) mass is 378 g/mol. The Labute approximate surface area is 167 Å². The molecule has 3 aromatic heterocycles. The third kappa shape index (κ3) is 2.21. The Morgan fingerprint density at radius 1 is 0.724 bits per heavy atom. The van der Waals surface area contributed by atoms with E-state index in [-0.39, 0.29) is 0 Å². The molecule has 3 heteroatoms. The van der Waals surface area contributed by atoms with Gasteiger partial charge in [-0.2, -0.15) is 0 Å². The van der Waals surface area contributed by atoms with Crippen molar-refractivity contribution >= 4 is 43.9 Å². The van der Waals surface area contributed by atoms with Crippen LogP contribution in [-0.4, -0.2) is 0 Å². The van der Waals surface area contributed by atoms with Gasteiger partial charge < -0.3 is 8.83 Å². The summed E-state index contributed by atoms with van der Waals surface area (Å²) in [7, 11) is 2.08. The Bertz CT molecular complexity index is 1580. The molecule has 0 bridgehead atoms. The van der Waals surface area contributed by atoms with Gasteiger partial charge in [0.05, 0.1) is 5.56 Å². The summed E-state index contributed by atoms with van der Waals surface area (Å²) in [5.74, 6) is 0. The van der Waals surface area contributed by atoms with E-state index >= 15 is 0 Å². The summed E-state index contributed by atoms with van der Waals surface area (Å²) in [5, 5.41) is 4.50. The van der Waals surface area contributed by atoms with E-state index in [9.17, 15) is 0 Å². The van der Waals surface area contributed by atoms with Crippen molar-refractivity contribution in [3.8, 4) is 11.3 Å². The minimum absolute atomic E-state index is 0.890. The molecule has 0 unspecified atom stereocenters. The molecule has 0 N–H and O–H groups in total. The maximum absolute atomic E-state index is 6.49. The van der Waals surface area contributed by atoms with Crippen molar-refractivity contribution in [3.63, 3.8) is 0 Å². The highest BCUT2D eigenvalue weighted by molar-refractivity contribution is 6.26. The second-order valence-electron chi connectivity index (χ2n) is 7.85. The van der Waals surface area contributed by atoms with Crippen molar-refractivity contribution in [3.05, 3.63) is 78.0 Å². The molecule has 6 aromatic rings. The largest absolute Gasteiger partial charge is 0.456 e. The lowest BCUT2D eigenvalue weighted by atomic mass is 9.98. The third-order valence-electron chi connectivity index (χ3n) is 5.91. The highest BCUT2D eigenvalue weighted by Crippen LogP contribution is 2.42. The maximum Gasteiger partial charge on any atom is 0.216 e. The number of furan rings is 2. The molecule has 3 heterocycles. The van der Waals surface area contributed by atoms with E-state index < -0.39 is 0 Å². The van der Waals surface area contributed by atoms with Crippen molar-refractivity contribution in [2.24, 2.45) is 7.05 Å². The summed E-state index contributed by atoms with van der Waals surface area (Å²) in [6.07, 6.45) is 2.10. The van der Waals surface area contributed by atoms with Crippen LogP contribution < -0.4 is 4.57 Å². The first-order chi connectivity index (χ1) is 14.1. The van der Waals surface area contributed by atoms with E-state index in [1.54, 1.807) is 0 Å². The van der Waals surface area contributed by atoms with Crippen molar-refractivity contribution in [1.29, 1.82) is 0 Å². The number of aryl methyl sites for hydroxylation is 3. The van der Waals surface area contributed by atoms with Crippen LogP contribution in [0.4, 0.5) is 0 Å². The molecule has 140 valence electrons. The van der Waals surface area contributed by atoms with E-state index in [0.29, 0.717) is 0 Å². The van der Waals surface area contributed by atoms with Gasteiger partial charge in [-0.1, -0.05) is 30.3 Å². The van der Waals surface area contributed by atoms with Crippen LogP contribution in [0.1, 0.15) is 11.1 Å². The smallest absolute Gasteiger partial charge is 0.216 e. The Morgan fingerprint density at radius 3 is 2.34 bits per heavy atom. The molecular formula is C26H20NO2+. The van der Waals surface area contributed by atoms with Gasteiger partial charge in [-0.3, -0.25) is 0 Å². The van der Waals surface area contributed by atoms with Gasteiger partial charge in [0.1, 0.15) is 29.4 Å². The fourth-order valence-electron chi connectivity index (χ4n) is 4.49. The first-order valence-corrected chi connectivity index (χ1v) is 9.84. The van der Waals surface area contributed by atoms with Crippen LogP contribution in [0.2, 0.25) is 0 Å². The third-order valence-corrected chi connectivity index (χ3v) is 5.91. The molecule has 3 aromatic carbocycles. The lowest BCUT2D eigenvalue weighted by Crippen LogP contribution is -2.30. The van der Waals surface area contributed by atoms with Gasteiger partial charge in [0.15, 0.2) is 6.20 Å². The van der Waals surface area contributed by atoms with Gasteiger partial charge >= 0.3 is 0 Å². The summed E-state index contributed by atoms with van der Waals surface area (Å²) >= 11 is 0. The molecule has 0 radical (unpaired) electrons. The number of aromatic nitrogens is 1. The van der Waals surface area contributed by atoms with Crippen LogP contribution in [-0.2, 0) is 7.05 Å². The Balaban J connectivity index is 1.83. The van der Waals surface area contributed by atoms with E-state index in [1.165, 1.54) is 11.1 Å². The van der Waals surface area contributed by atoms with E-state index in [0.717, 1.165) is 55.1 Å². The van der Waals surface area contributed by atoms with Crippen molar-refractivity contribution in [2.75, 3.05) is 0 Å². The van der Waals surface area contributed by atoms with Gasteiger partial charge in [0.2, 0.25) is 5.69 Å². The number of hydrogen-bond donors (Lipinski definition) is 0. The average Bonchev–Trinajstić information content (AvgIpc) is 3.27. The van der Waals surface area contributed by atoms with Crippen LogP contribution in [0, 0.1) is 13.8 Å². The summed E-state index contributed by atoms with van der Waals surface area (Å²) in [6, 6.07) is 21.0. The molecular weight excluding hydrogens is 358 g/mol. The fraction of sp³-hybridized carbons (Fsp3) is 0.115. The number of benzene rings is 3. The van der Waals surface area contributed by atoms with E-state index in [4.69, 9.17) is 8.83 Å². The van der Waals surface area contributed by atoms with Gasteiger partial charge in [-0.25, -0.2) is 4.57 Å². The summed E-state index contributed by atoms with van der Waals surface area (Å²) in [4.78, 5) is 0. The quantitative estimate of drug-likeness (QED) is 0.302. The van der Waals surface area contributed by atoms with Gasteiger partial charge in [0.25, 0.3) is 0 Å². The first-order valence-electron chi connectivity index (χ1n) is 9.84. The summed E-state index contributed by atoms with van der Waals surface area (Å²) in [5.41, 5.74) is 8.35. The second-order valence-corrected chi connectivity index (χ2v) is 7.85. The van der Waals surface area contributed by atoms with Gasteiger partial charge in [0, 0.05) is 33.7 Å². The standard InChI is InChI=1S/C26H20NO2/c1-15-12-13-27(3)19(14-15)23-16(2)8-9-18-25-22(29-26(18)23)11-10-21-24(25)17-6-4-5-7-20(17)28-21/h4-14H,1-3H3/q+1. The number of nitrogens with zero attached hydrogens (tertiary/aromatic N) is 1. The zero-order valence-electron chi connectivity index (χ0n) is 16.6. The van der Waals surface area contributed by atoms with Crippen LogP contribution in [0.25, 0.3) is 55.1 Å². The highest BCUT2D eigenvalue weighted by Gasteiger charge is 2.22. The molecule has 29 heavy (non-hydrogen) atoms. The minimum atomic E-state index is 0.890. The first kappa shape index (κ1) is 16.4. The van der Waals surface area contributed by atoms with Crippen LogP contribution >= 0.6 is 0 Å². The Morgan fingerprint density at radius 2 is 1.48 bits per heavy atom. The zero-order valence-corrected chi connectivity index (χ0v) is 16.6. The molecule has 0 atom stereocenters. The lowest BCUT2D eigenvalue weighted by Gasteiger charge is -2.06. The van der Waals surface area contributed by atoms with Crippen LogP contribution in [0.5, 0.6) is 0 Å². The summed E-state index contributed by atoms with van der Waals surface area (Å²) < 4.78 is 14.7. The molecule has 0 aliphatic heterocycles. The van der Waals surface area contributed by atoms with Crippen LogP contribution in [0.15, 0.2) is 75.7 Å². The lowest BCUT2D eigenvalue weighted by molar-refractivity contribution is -0.660. The Hall–Kier alpha value is -3.59. The molecule has 0 spiro atoms. The maximum atomic E-state index is 6.49. The van der Waals surface area contributed by atoms with Crippen molar-refractivity contribution in [2.45, 2.75) is 13.8 Å². The number of rotatable bonds is 1. The topological polar surface area (TPSA) is 30.2 Å². The molecule has 0 saturated heterocycles. The normalized spacial score (nSPS) is 12.0. The molecule has 0 aliphatic carbocycles. The molecule has 6 rings (SSSR count). The zero-order chi connectivity index (χ0) is 19.7. The van der Waals surface area contributed by atoms with Gasteiger partial charge in [-0.15, -0.1) is 0 Å². The van der Waals surface area contributed by atoms with Gasteiger partial charge in [-0.05, 0) is 43.2 Å². The number of para-hydroxylation sites is 1. The number of pyridine rings is 1. The Kier molecular flexibility index (Phi) is 3.22. The molecule has 0 aliphatic rings. The predicted octanol–water partition coefficient (Wildman–Crippen LogP) is 6.59. The molecule has 0 amide bonds. The predicted molar refractivity (Wildman–Crippen MR) is 117 cm³/mol. The van der Waals surface area contributed by atoms with E-state index in [2.05, 4.69) is 68.1 Å². The second kappa shape index (κ2) is 5.71. The SMILES string of the molecule is Cc1cc[n+](C)c(-c2c(C)ccc3c2oc2ccc4oc5ccccc5c4c23)c1. The van der Waals surface area contributed by atoms with Crippen molar-refractivity contribution in [1.82, 2.24) is 0 Å². The highest BCUT2D eigenvalue weighted by atomic mass is 16.3. The van der Waals surface area contributed by atoms with Crippen molar-refractivity contribution < 1.29 is 13.4 Å². The average molecular weight is 378 g/mol. The minimum Gasteiger partial charge on any atom is -0.456 e. The van der Waals surface area contributed by atoms with E-state index in [1.807, 2.05) is 24.3 Å². The summed E-state index contributed by atoms with van der Waals surface area (Å²) in [6.45, 7) is 4.27. The van der Waals surface area contributed by atoms with Crippen LogP contribution in [0.3, 0.4) is 0 Å². The molecule has 0 saturated carbocycles. The fourth-order valence-corrected chi connectivity index (χ4v) is 4.49.